The van der Waals surface area contributed by atoms with Gasteiger partial charge in [-0.2, -0.15) is 4.98 Å². The Kier molecular flexibility index (Phi) is 6.43. The smallest absolute Gasteiger partial charge is 0.256 e. The fourth-order valence-electron chi connectivity index (χ4n) is 4.38. The molecule has 30 heavy (non-hydrogen) atoms. The minimum atomic E-state index is 0.0163. The molecule has 1 fully saturated rings. The highest BCUT2D eigenvalue weighted by Gasteiger charge is 2.24. The van der Waals surface area contributed by atoms with Crippen LogP contribution in [-0.4, -0.2) is 34.8 Å². The molecule has 1 N–H and O–H groups in total. The molecular formula is C24H30N4O2. The number of hydrogen-bond acceptors (Lipinski definition) is 5. The van der Waals surface area contributed by atoms with Crippen LogP contribution < -0.4 is 10.9 Å². The van der Waals surface area contributed by atoms with Crippen molar-refractivity contribution in [1.29, 1.82) is 0 Å². The van der Waals surface area contributed by atoms with E-state index in [0.29, 0.717) is 12.6 Å². The third-order valence-corrected chi connectivity index (χ3v) is 6.07. The molecule has 158 valence electrons. The first kappa shape index (κ1) is 20.5. The number of nitrogens with zero attached hydrogens (tertiary/aromatic N) is 3. The van der Waals surface area contributed by atoms with Gasteiger partial charge < -0.3 is 10.1 Å². The summed E-state index contributed by atoms with van der Waals surface area (Å²) in [4.78, 5) is 22.9. The van der Waals surface area contributed by atoms with Crippen LogP contribution in [-0.2, 0) is 4.74 Å². The van der Waals surface area contributed by atoms with Crippen LogP contribution in [0.15, 0.2) is 47.4 Å². The van der Waals surface area contributed by atoms with Gasteiger partial charge in [-0.25, -0.2) is 4.98 Å². The maximum Gasteiger partial charge on any atom is 0.256 e. The van der Waals surface area contributed by atoms with Crippen LogP contribution in [0.5, 0.6) is 0 Å². The molecule has 0 spiro atoms. The number of hydrogen-bond donors (Lipinski definition) is 1. The van der Waals surface area contributed by atoms with Gasteiger partial charge in [-0.3, -0.25) is 9.36 Å². The molecule has 1 unspecified atom stereocenters. The Labute approximate surface area is 177 Å². The molecule has 0 saturated heterocycles. The van der Waals surface area contributed by atoms with Gasteiger partial charge in [-0.05, 0) is 30.9 Å². The number of methoxy groups -OCH3 is 1. The first-order valence-corrected chi connectivity index (χ1v) is 10.9. The van der Waals surface area contributed by atoms with Crippen LogP contribution in [0.25, 0.3) is 11.0 Å². The Balaban J connectivity index is 1.77. The number of ether oxygens (including phenoxy) is 1. The summed E-state index contributed by atoms with van der Waals surface area (Å²) in [7, 11) is 1.70. The lowest BCUT2D eigenvalue weighted by Crippen LogP contribution is -2.29. The fourth-order valence-corrected chi connectivity index (χ4v) is 4.38. The zero-order valence-corrected chi connectivity index (χ0v) is 17.8. The molecule has 1 saturated carbocycles. The molecule has 6 nitrogen and oxygen atoms in total. The van der Waals surface area contributed by atoms with Crippen molar-refractivity contribution >= 4 is 17.0 Å². The molecule has 1 aromatic carbocycles. The zero-order chi connectivity index (χ0) is 20.9. The number of fused-ring (bicyclic) bond motifs is 1. The van der Waals surface area contributed by atoms with Crippen molar-refractivity contribution in [2.45, 2.75) is 51.0 Å². The number of pyridine rings is 1. The number of rotatable bonds is 8. The Morgan fingerprint density at radius 1 is 1.23 bits per heavy atom. The van der Waals surface area contributed by atoms with Crippen LogP contribution in [0.3, 0.4) is 0 Å². The van der Waals surface area contributed by atoms with Crippen LogP contribution in [0.1, 0.15) is 62.1 Å². The second-order valence-corrected chi connectivity index (χ2v) is 8.09. The van der Waals surface area contributed by atoms with Crippen LogP contribution in [0.2, 0.25) is 0 Å². The minimum absolute atomic E-state index is 0.0163. The zero-order valence-electron chi connectivity index (χ0n) is 17.8. The lowest BCUT2D eigenvalue weighted by molar-refractivity contribution is 0.197. The van der Waals surface area contributed by atoms with Crippen molar-refractivity contribution in [3.63, 3.8) is 0 Å². The van der Waals surface area contributed by atoms with Gasteiger partial charge in [-0.1, -0.05) is 50.1 Å². The highest BCUT2D eigenvalue weighted by molar-refractivity contribution is 5.76. The van der Waals surface area contributed by atoms with Gasteiger partial charge in [0.1, 0.15) is 5.65 Å². The Bertz CT molecular complexity index is 1040. The maximum atomic E-state index is 13.7. The van der Waals surface area contributed by atoms with Crippen LogP contribution >= 0.6 is 0 Å². The van der Waals surface area contributed by atoms with Crippen molar-refractivity contribution in [2.24, 2.45) is 0 Å². The summed E-state index contributed by atoms with van der Waals surface area (Å²) >= 11 is 0. The SMILES string of the molecule is COCCCNc1ncc2cc(C(C)c3ccccc3)c(=O)n(C3CCCC3)c2n1. The molecule has 6 heteroatoms. The summed E-state index contributed by atoms with van der Waals surface area (Å²) in [6.45, 7) is 3.52. The predicted molar refractivity (Wildman–Crippen MR) is 120 cm³/mol. The van der Waals surface area contributed by atoms with Gasteiger partial charge in [-0.15, -0.1) is 0 Å². The quantitative estimate of drug-likeness (QED) is 0.558. The molecule has 2 heterocycles. The Morgan fingerprint density at radius 2 is 2.00 bits per heavy atom. The summed E-state index contributed by atoms with van der Waals surface area (Å²) in [5.41, 5.74) is 2.77. The van der Waals surface area contributed by atoms with Gasteiger partial charge in [0.05, 0.1) is 0 Å². The summed E-state index contributed by atoms with van der Waals surface area (Å²) in [5, 5.41) is 4.17. The molecule has 2 aromatic heterocycles. The molecule has 0 bridgehead atoms. The largest absolute Gasteiger partial charge is 0.385 e. The third-order valence-electron chi connectivity index (χ3n) is 6.07. The molecule has 0 radical (unpaired) electrons. The lowest BCUT2D eigenvalue weighted by Gasteiger charge is -2.20. The second kappa shape index (κ2) is 9.39. The van der Waals surface area contributed by atoms with Crippen LogP contribution in [0.4, 0.5) is 5.95 Å². The number of nitrogens with one attached hydrogen (secondary N) is 1. The van der Waals surface area contributed by atoms with E-state index < -0.39 is 0 Å². The standard InChI is InChI=1S/C24H30N4O2/c1-17(18-9-4-3-5-10-18)21-15-19-16-26-24(25-13-8-14-30-2)27-22(19)28(23(21)29)20-11-6-7-12-20/h3-5,9-10,15-17,20H,6-8,11-14H2,1-2H3,(H,25,26,27). The van der Waals surface area contributed by atoms with Crippen molar-refractivity contribution in [3.05, 3.63) is 64.1 Å². The van der Waals surface area contributed by atoms with Gasteiger partial charge in [0.15, 0.2) is 0 Å². The molecule has 0 aliphatic heterocycles. The molecular weight excluding hydrogens is 376 g/mol. The monoisotopic (exact) mass is 406 g/mol. The third kappa shape index (κ3) is 4.24. The predicted octanol–water partition coefficient (Wildman–Crippen LogP) is 4.51. The van der Waals surface area contributed by atoms with E-state index in [1.165, 1.54) is 0 Å². The van der Waals surface area contributed by atoms with Crippen LogP contribution in [0, 0.1) is 0 Å². The van der Waals surface area contributed by atoms with Crippen molar-refractivity contribution in [1.82, 2.24) is 14.5 Å². The summed E-state index contributed by atoms with van der Waals surface area (Å²) in [6.07, 6.45) is 7.08. The van der Waals surface area contributed by atoms with Gasteiger partial charge >= 0.3 is 0 Å². The van der Waals surface area contributed by atoms with Crippen molar-refractivity contribution < 1.29 is 4.74 Å². The molecule has 4 rings (SSSR count). The highest BCUT2D eigenvalue weighted by Crippen LogP contribution is 2.32. The van der Waals surface area contributed by atoms with E-state index in [2.05, 4.69) is 29.4 Å². The topological polar surface area (TPSA) is 69.0 Å². The molecule has 3 aromatic rings. The van der Waals surface area contributed by atoms with E-state index in [1.807, 2.05) is 35.0 Å². The van der Waals surface area contributed by atoms with E-state index in [0.717, 1.165) is 60.8 Å². The van der Waals surface area contributed by atoms with E-state index >= 15 is 0 Å². The normalized spacial score (nSPS) is 15.5. The molecule has 0 amide bonds. The average Bonchev–Trinajstić information content (AvgIpc) is 3.31. The molecule has 1 aliphatic rings. The van der Waals surface area contributed by atoms with Gasteiger partial charge in [0.25, 0.3) is 5.56 Å². The van der Waals surface area contributed by atoms with E-state index in [-0.39, 0.29) is 17.5 Å². The first-order valence-electron chi connectivity index (χ1n) is 10.9. The minimum Gasteiger partial charge on any atom is -0.385 e. The van der Waals surface area contributed by atoms with Crippen molar-refractivity contribution in [3.8, 4) is 0 Å². The van der Waals surface area contributed by atoms with E-state index in [4.69, 9.17) is 9.72 Å². The summed E-state index contributed by atoms with van der Waals surface area (Å²) < 4.78 is 7.04. The second-order valence-electron chi connectivity index (χ2n) is 8.09. The van der Waals surface area contributed by atoms with Crippen molar-refractivity contribution in [2.75, 3.05) is 25.6 Å². The lowest BCUT2D eigenvalue weighted by atomic mass is 9.93. The first-order chi connectivity index (χ1) is 14.7. The average molecular weight is 407 g/mol. The fraction of sp³-hybridized carbons (Fsp3) is 0.458. The maximum absolute atomic E-state index is 13.7. The number of benzene rings is 1. The Morgan fingerprint density at radius 3 is 2.73 bits per heavy atom. The number of anilines is 1. The molecule has 1 atom stereocenters. The van der Waals surface area contributed by atoms with Gasteiger partial charge in [0, 0.05) is 49.4 Å². The number of aromatic nitrogens is 3. The van der Waals surface area contributed by atoms with Gasteiger partial charge in [0.2, 0.25) is 5.95 Å². The Hall–Kier alpha value is -2.73. The van der Waals surface area contributed by atoms with E-state index in [1.54, 1.807) is 7.11 Å². The van der Waals surface area contributed by atoms with E-state index in [9.17, 15) is 4.79 Å². The summed E-state index contributed by atoms with van der Waals surface area (Å²) in [6, 6.07) is 12.4. The molecule has 1 aliphatic carbocycles. The highest BCUT2D eigenvalue weighted by atomic mass is 16.5. The summed E-state index contributed by atoms with van der Waals surface area (Å²) in [5.74, 6) is 0.580.